The normalized spacial score (nSPS) is 18.5. The van der Waals surface area contributed by atoms with Crippen LogP contribution in [0.1, 0.15) is 30.9 Å². The van der Waals surface area contributed by atoms with Gasteiger partial charge in [-0.05, 0) is 19.3 Å². The van der Waals surface area contributed by atoms with Gasteiger partial charge in [0.25, 0.3) is 0 Å². The van der Waals surface area contributed by atoms with E-state index in [1.54, 1.807) is 6.20 Å². The van der Waals surface area contributed by atoms with Gasteiger partial charge in [0.1, 0.15) is 12.1 Å². The largest absolute Gasteiger partial charge is 0.394 e. The minimum atomic E-state index is -0.391. The second-order valence-electron chi connectivity index (χ2n) is 4.14. The first-order chi connectivity index (χ1) is 7.83. The molecule has 1 aliphatic heterocycles. The van der Waals surface area contributed by atoms with Gasteiger partial charge in [0.05, 0.1) is 12.6 Å². The van der Waals surface area contributed by atoms with Crippen LogP contribution in [-0.4, -0.2) is 34.8 Å². The minimum Gasteiger partial charge on any atom is -0.394 e. The van der Waals surface area contributed by atoms with E-state index in [-0.39, 0.29) is 6.61 Å². The van der Waals surface area contributed by atoms with E-state index in [1.165, 1.54) is 25.6 Å². The van der Waals surface area contributed by atoms with Crippen LogP contribution in [0.2, 0.25) is 0 Å². The highest BCUT2D eigenvalue weighted by atomic mass is 16.3. The first kappa shape index (κ1) is 11.3. The summed E-state index contributed by atoms with van der Waals surface area (Å²) in [7, 11) is 0. The van der Waals surface area contributed by atoms with E-state index in [0.29, 0.717) is 0 Å². The molecule has 5 heteroatoms. The summed E-state index contributed by atoms with van der Waals surface area (Å²) in [5, 5.41) is 9.11. The van der Waals surface area contributed by atoms with Gasteiger partial charge in [-0.25, -0.2) is 9.97 Å². The monoisotopic (exact) mass is 222 g/mol. The molecule has 3 N–H and O–H groups in total. The molecule has 1 aliphatic rings. The van der Waals surface area contributed by atoms with Crippen molar-refractivity contribution in [2.45, 2.75) is 25.3 Å². The molecule has 1 aromatic rings. The molecule has 2 rings (SSSR count). The van der Waals surface area contributed by atoms with E-state index in [0.717, 1.165) is 24.5 Å². The highest BCUT2D eigenvalue weighted by molar-refractivity contribution is 5.47. The molecule has 0 amide bonds. The Bertz CT molecular complexity index is 339. The predicted molar refractivity (Wildman–Crippen MR) is 62.1 cm³/mol. The van der Waals surface area contributed by atoms with Crippen molar-refractivity contribution >= 4 is 5.82 Å². The second kappa shape index (κ2) is 5.23. The first-order valence-electron chi connectivity index (χ1n) is 5.74. The van der Waals surface area contributed by atoms with E-state index in [9.17, 15) is 0 Å². The van der Waals surface area contributed by atoms with Gasteiger partial charge >= 0.3 is 0 Å². The Morgan fingerprint density at radius 3 is 2.81 bits per heavy atom. The fourth-order valence-electron chi connectivity index (χ4n) is 2.06. The molecule has 0 saturated carbocycles. The van der Waals surface area contributed by atoms with Crippen molar-refractivity contribution in [3.63, 3.8) is 0 Å². The third kappa shape index (κ3) is 2.31. The topological polar surface area (TPSA) is 75.3 Å². The van der Waals surface area contributed by atoms with Gasteiger partial charge in [-0.2, -0.15) is 0 Å². The van der Waals surface area contributed by atoms with Crippen LogP contribution in [0.5, 0.6) is 0 Å². The van der Waals surface area contributed by atoms with Gasteiger partial charge in [-0.3, -0.25) is 0 Å². The Morgan fingerprint density at radius 2 is 2.12 bits per heavy atom. The summed E-state index contributed by atoms with van der Waals surface area (Å²) in [5.74, 6) is 0.885. The molecule has 5 nitrogen and oxygen atoms in total. The number of aliphatic hydroxyl groups is 1. The van der Waals surface area contributed by atoms with Crippen molar-refractivity contribution in [3.05, 3.63) is 18.1 Å². The maximum atomic E-state index is 9.11. The summed E-state index contributed by atoms with van der Waals surface area (Å²) < 4.78 is 0. The van der Waals surface area contributed by atoms with Gasteiger partial charge in [-0.15, -0.1) is 0 Å². The van der Waals surface area contributed by atoms with E-state index in [2.05, 4.69) is 14.9 Å². The molecule has 0 bridgehead atoms. The van der Waals surface area contributed by atoms with Crippen molar-refractivity contribution in [1.29, 1.82) is 0 Å². The standard InChI is InChI=1S/C11H18N4O/c12-10(7-16)9-6-13-8-14-11(9)15-4-2-1-3-5-15/h6,8,10,16H,1-5,7,12H2. The van der Waals surface area contributed by atoms with E-state index >= 15 is 0 Å². The number of anilines is 1. The summed E-state index contributed by atoms with van der Waals surface area (Å²) >= 11 is 0. The number of aromatic nitrogens is 2. The summed E-state index contributed by atoms with van der Waals surface area (Å²) in [5.41, 5.74) is 6.68. The molecular formula is C11H18N4O. The lowest BCUT2D eigenvalue weighted by atomic mass is 10.1. The number of nitrogens with two attached hydrogens (primary N) is 1. The number of hydrogen-bond donors (Lipinski definition) is 2. The quantitative estimate of drug-likeness (QED) is 0.777. The molecule has 1 unspecified atom stereocenters. The maximum Gasteiger partial charge on any atom is 0.136 e. The molecule has 16 heavy (non-hydrogen) atoms. The number of hydrogen-bond acceptors (Lipinski definition) is 5. The van der Waals surface area contributed by atoms with Crippen LogP contribution in [0.15, 0.2) is 12.5 Å². The lowest BCUT2D eigenvalue weighted by Gasteiger charge is -2.30. The minimum absolute atomic E-state index is 0.0752. The lowest BCUT2D eigenvalue weighted by Crippen LogP contribution is -2.32. The molecular weight excluding hydrogens is 204 g/mol. The molecule has 88 valence electrons. The number of nitrogens with zero attached hydrogens (tertiary/aromatic N) is 3. The van der Waals surface area contributed by atoms with Crippen LogP contribution in [-0.2, 0) is 0 Å². The van der Waals surface area contributed by atoms with Crippen LogP contribution in [0, 0.1) is 0 Å². The van der Waals surface area contributed by atoms with E-state index in [4.69, 9.17) is 10.8 Å². The maximum absolute atomic E-state index is 9.11. The summed E-state index contributed by atoms with van der Waals surface area (Å²) in [6.07, 6.45) is 6.91. The molecule has 0 aliphatic carbocycles. The number of aliphatic hydroxyl groups excluding tert-OH is 1. The van der Waals surface area contributed by atoms with E-state index in [1.807, 2.05) is 0 Å². The zero-order valence-electron chi connectivity index (χ0n) is 9.34. The average molecular weight is 222 g/mol. The fraction of sp³-hybridized carbons (Fsp3) is 0.636. The molecule has 2 heterocycles. The molecule has 0 spiro atoms. The molecule has 1 saturated heterocycles. The van der Waals surface area contributed by atoms with Crippen LogP contribution in [0.4, 0.5) is 5.82 Å². The Hall–Kier alpha value is -1.20. The Kier molecular flexibility index (Phi) is 3.69. The van der Waals surface area contributed by atoms with Gasteiger partial charge in [0.15, 0.2) is 0 Å². The molecule has 1 aromatic heterocycles. The van der Waals surface area contributed by atoms with Crippen LogP contribution in [0.3, 0.4) is 0 Å². The van der Waals surface area contributed by atoms with Crippen molar-refractivity contribution in [1.82, 2.24) is 9.97 Å². The van der Waals surface area contributed by atoms with E-state index < -0.39 is 6.04 Å². The SMILES string of the molecule is NC(CO)c1cncnc1N1CCCCC1. The molecule has 1 fully saturated rings. The predicted octanol–water partition coefficient (Wildman–Crippen LogP) is 0.459. The molecule has 0 radical (unpaired) electrons. The smallest absolute Gasteiger partial charge is 0.136 e. The average Bonchev–Trinajstić information content (AvgIpc) is 2.39. The van der Waals surface area contributed by atoms with Gasteiger partial charge in [0, 0.05) is 24.8 Å². The van der Waals surface area contributed by atoms with Crippen LogP contribution < -0.4 is 10.6 Å². The van der Waals surface area contributed by atoms with Crippen molar-refractivity contribution in [3.8, 4) is 0 Å². The summed E-state index contributed by atoms with van der Waals surface area (Å²) in [6.45, 7) is 1.96. The van der Waals surface area contributed by atoms with Crippen molar-refractivity contribution in [2.24, 2.45) is 5.73 Å². The highest BCUT2D eigenvalue weighted by Crippen LogP contribution is 2.24. The number of piperidine rings is 1. The lowest BCUT2D eigenvalue weighted by molar-refractivity contribution is 0.267. The summed E-state index contributed by atoms with van der Waals surface area (Å²) in [4.78, 5) is 10.5. The van der Waals surface area contributed by atoms with Gasteiger partial charge in [-0.1, -0.05) is 0 Å². The van der Waals surface area contributed by atoms with Crippen LogP contribution in [0.25, 0.3) is 0 Å². The Morgan fingerprint density at radius 1 is 1.38 bits per heavy atom. The number of rotatable bonds is 3. The first-order valence-corrected chi connectivity index (χ1v) is 5.74. The second-order valence-corrected chi connectivity index (χ2v) is 4.14. The van der Waals surface area contributed by atoms with Crippen LogP contribution >= 0.6 is 0 Å². The Labute approximate surface area is 95.3 Å². The highest BCUT2D eigenvalue weighted by Gasteiger charge is 2.18. The fourth-order valence-corrected chi connectivity index (χ4v) is 2.06. The van der Waals surface area contributed by atoms with Gasteiger partial charge < -0.3 is 15.7 Å². The van der Waals surface area contributed by atoms with Crippen molar-refractivity contribution in [2.75, 3.05) is 24.6 Å². The summed E-state index contributed by atoms with van der Waals surface area (Å²) in [6, 6.07) is -0.391. The van der Waals surface area contributed by atoms with Crippen molar-refractivity contribution < 1.29 is 5.11 Å². The third-order valence-electron chi connectivity index (χ3n) is 2.97. The molecule has 1 atom stereocenters. The van der Waals surface area contributed by atoms with Gasteiger partial charge in [0.2, 0.25) is 0 Å². The molecule has 0 aromatic carbocycles. The Balaban J connectivity index is 2.24. The third-order valence-corrected chi connectivity index (χ3v) is 2.97. The zero-order valence-corrected chi connectivity index (χ0v) is 9.34. The zero-order chi connectivity index (χ0) is 11.4.